The van der Waals surface area contributed by atoms with Crippen LogP contribution in [0.15, 0.2) is 48.5 Å². The van der Waals surface area contributed by atoms with Gasteiger partial charge in [-0.05, 0) is 50.5 Å². The van der Waals surface area contributed by atoms with Crippen molar-refractivity contribution in [1.29, 1.82) is 0 Å². The number of carbonyl (C=O) groups is 2. The summed E-state index contributed by atoms with van der Waals surface area (Å²) in [4.78, 5) is 29.5. The first-order chi connectivity index (χ1) is 13.0. The third kappa shape index (κ3) is 3.29. The van der Waals surface area contributed by atoms with Crippen molar-refractivity contribution in [3.05, 3.63) is 59.7 Å². The number of hydrogen-bond acceptors (Lipinski definition) is 3. The summed E-state index contributed by atoms with van der Waals surface area (Å²) in [6, 6.07) is 15.3. The lowest BCUT2D eigenvalue weighted by atomic mass is 10.0. The second-order valence-electron chi connectivity index (χ2n) is 7.67. The van der Waals surface area contributed by atoms with Gasteiger partial charge >= 0.3 is 0 Å². The summed E-state index contributed by atoms with van der Waals surface area (Å²) in [6.45, 7) is 5.60. The van der Waals surface area contributed by atoms with Gasteiger partial charge in [0.15, 0.2) is 5.60 Å². The van der Waals surface area contributed by atoms with Crippen molar-refractivity contribution in [1.82, 2.24) is 4.90 Å². The summed E-state index contributed by atoms with van der Waals surface area (Å²) >= 11 is 0. The fourth-order valence-electron chi connectivity index (χ4n) is 3.73. The zero-order valence-electron chi connectivity index (χ0n) is 15.8. The second kappa shape index (κ2) is 6.72. The zero-order valence-corrected chi connectivity index (χ0v) is 15.8. The molecule has 2 aromatic rings. The Labute approximate surface area is 159 Å². The molecular formula is C22H24N2O3. The van der Waals surface area contributed by atoms with Gasteiger partial charge in [0.25, 0.3) is 11.8 Å². The molecule has 2 heterocycles. The molecule has 2 amide bonds. The fourth-order valence-corrected chi connectivity index (χ4v) is 3.73. The van der Waals surface area contributed by atoms with E-state index in [-0.39, 0.29) is 11.8 Å². The third-order valence-electron chi connectivity index (χ3n) is 5.20. The summed E-state index contributed by atoms with van der Waals surface area (Å²) < 4.78 is 5.94. The highest BCUT2D eigenvalue weighted by Crippen LogP contribution is 2.39. The Bertz CT molecular complexity index is 870. The van der Waals surface area contributed by atoms with E-state index in [0.717, 1.165) is 31.5 Å². The zero-order chi connectivity index (χ0) is 19.0. The lowest BCUT2D eigenvalue weighted by Gasteiger charge is -2.39. The van der Waals surface area contributed by atoms with Crippen LogP contribution in [0.25, 0.3) is 0 Å². The number of benzene rings is 2. The molecule has 27 heavy (non-hydrogen) atoms. The average Bonchev–Trinajstić information content (AvgIpc) is 3.20. The predicted molar refractivity (Wildman–Crippen MR) is 104 cm³/mol. The molecule has 4 rings (SSSR count). The topological polar surface area (TPSA) is 49.9 Å². The van der Waals surface area contributed by atoms with Gasteiger partial charge in [-0.2, -0.15) is 0 Å². The maximum atomic E-state index is 13.1. The molecule has 0 N–H and O–H groups in total. The van der Waals surface area contributed by atoms with Gasteiger partial charge in [0.05, 0.1) is 12.2 Å². The Morgan fingerprint density at radius 2 is 1.78 bits per heavy atom. The number of fused-ring (bicyclic) bond motifs is 1. The van der Waals surface area contributed by atoms with E-state index in [1.54, 1.807) is 30.9 Å². The molecule has 1 fully saturated rings. The predicted octanol–water partition coefficient (Wildman–Crippen LogP) is 3.63. The molecule has 0 saturated carbocycles. The van der Waals surface area contributed by atoms with E-state index in [4.69, 9.17) is 4.74 Å². The minimum Gasteiger partial charge on any atom is -0.476 e. The Morgan fingerprint density at radius 1 is 1.07 bits per heavy atom. The van der Waals surface area contributed by atoms with Crippen LogP contribution >= 0.6 is 0 Å². The molecule has 0 spiro atoms. The van der Waals surface area contributed by atoms with Crippen molar-refractivity contribution < 1.29 is 14.3 Å². The molecule has 0 aliphatic carbocycles. The smallest absolute Gasteiger partial charge is 0.271 e. The summed E-state index contributed by atoms with van der Waals surface area (Å²) in [7, 11) is 0. The normalized spacial score (nSPS) is 18.2. The summed E-state index contributed by atoms with van der Waals surface area (Å²) in [5, 5.41) is 0. The first kappa shape index (κ1) is 17.6. The average molecular weight is 364 g/mol. The standard InChI is InChI=1S/C22H24N2O3/c1-22(2)21(26)24(15-16-8-4-3-5-9-16)18-14-17(10-11-19(18)27-22)20(25)23-12-6-7-13-23/h3-5,8-11,14H,6-7,12-13,15H2,1-2H3. The molecule has 140 valence electrons. The molecule has 5 nitrogen and oxygen atoms in total. The Hall–Kier alpha value is -2.82. The van der Waals surface area contributed by atoms with E-state index >= 15 is 0 Å². The van der Waals surface area contributed by atoms with Crippen LogP contribution in [0, 0.1) is 0 Å². The van der Waals surface area contributed by atoms with Crippen LogP contribution in [-0.2, 0) is 11.3 Å². The van der Waals surface area contributed by atoms with E-state index in [2.05, 4.69) is 0 Å². The number of carbonyl (C=O) groups excluding carboxylic acids is 2. The number of rotatable bonds is 3. The number of amides is 2. The van der Waals surface area contributed by atoms with Gasteiger partial charge in [0, 0.05) is 18.7 Å². The van der Waals surface area contributed by atoms with Crippen molar-refractivity contribution in [2.45, 2.75) is 38.8 Å². The first-order valence-electron chi connectivity index (χ1n) is 9.44. The molecule has 0 radical (unpaired) electrons. The summed E-state index contributed by atoms with van der Waals surface area (Å²) in [5.74, 6) is 0.547. The molecule has 2 aliphatic rings. The van der Waals surface area contributed by atoms with E-state index < -0.39 is 5.60 Å². The minimum atomic E-state index is -0.942. The maximum absolute atomic E-state index is 13.1. The molecule has 0 bridgehead atoms. The Balaban J connectivity index is 1.72. The molecule has 0 unspecified atom stereocenters. The number of ether oxygens (including phenoxy) is 1. The third-order valence-corrected chi connectivity index (χ3v) is 5.20. The van der Waals surface area contributed by atoms with Crippen LogP contribution < -0.4 is 9.64 Å². The van der Waals surface area contributed by atoms with Crippen LogP contribution in [0.1, 0.15) is 42.6 Å². The van der Waals surface area contributed by atoms with E-state index in [1.807, 2.05) is 41.3 Å². The molecule has 0 atom stereocenters. The van der Waals surface area contributed by atoms with E-state index in [0.29, 0.717) is 23.5 Å². The van der Waals surface area contributed by atoms with Crippen LogP contribution in [0.2, 0.25) is 0 Å². The largest absolute Gasteiger partial charge is 0.476 e. The molecule has 2 aliphatic heterocycles. The van der Waals surface area contributed by atoms with Gasteiger partial charge < -0.3 is 14.5 Å². The van der Waals surface area contributed by atoms with Gasteiger partial charge in [0.1, 0.15) is 5.75 Å². The SMILES string of the molecule is CC1(C)Oc2ccc(C(=O)N3CCCC3)cc2N(Cc2ccccc2)C1=O. The van der Waals surface area contributed by atoms with E-state index in [1.165, 1.54) is 0 Å². The van der Waals surface area contributed by atoms with Gasteiger partial charge in [-0.25, -0.2) is 0 Å². The van der Waals surface area contributed by atoms with Crippen LogP contribution in [0.4, 0.5) is 5.69 Å². The van der Waals surface area contributed by atoms with Gasteiger partial charge in [0.2, 0.25) is 0 Å². The highest BCUT2D eigenvalue weighted by molar-refractivity contribution is 6.04. The van der Waals surface area contributed by atoms with Gasteiger partial charge in [-0.3, -0.25) is 9.59 Å². The summed E-state index contributed by atoms with van der Waals surface area (Å²) in [6.07, 6.45) is 2.10. The van der Waals surface area contributed by atoms with Gasteiger partial charge in [-0.1, -0.05) is 30.3 Å². The highest BCUT2D eigenvalue weighted by atomic mass is 16.5. The van der Waals surface area contributed by atoms with Crippen LogP contribution in [-0.4, -0.2) is 35.4 Å². The molecular weight excluding hydrogens is 340 g/mol. The fraction of sp³-hybridized carbons (Fsp3) is 0.364. The lowest BCUT2D eigenvalue weighted by molar-refractivity contribution is -0.132. The molecule has 1 saturated heterocycles. The van der Waals surface area contributed by atoms with Crippen molar-refractivity contribution >= 4 is 17.5 Å². The monoisotopic (exact) mass is 364 g/mol. The van der Waals surface area contributed by atoms with E-state index in [9.17, 15) is 9.59 Å². The summed E-state index contributed by atoms with van der Waals surface area (Å²) in [5.41, 5.74) is 1.35. The highest BCUT2D eigenvalue weighted by Gasteiger charge is 2.41. The number of likely N-dealkylation sites (tertiary alicyclic amines) is 1. The van der Waals surface area contributed by atoms with Crippen LogP contribution in [0.5, 0.6) is 5.75 Å². The number of anilines is 1. The molecule has 2 aromatic carbocycles. The van der Waals surface area contributed by atoms with Crippen LogP contribution in [0.3, 0.4) is 0 Å². The van der Waals surface area contributed by atoms with Crippen molar-refractivity contribution in [3.63, 3.8) is 0 Å². The molecule has 5 heteroatoms. The van der Waals surface area contributed by atoms with Crippen molar-refractivity contribution in [2.24, 2.45) is 0 Å². The number of hydrogen-bond donors (Lipinski definition) is 0. The maximum Gasteiger partial charge on any atom is 0.271 e. The quantitative estimate of drug-likeness (QED) is 0.836. The Kier molecular flexibility index (Phi) is 4.38. The van der Waals surface area contributed by atoms with Gasteiger partial charge in [-0.15, -0.1) is 0 Å². The minimum absolute atomic E-state index is 0.0206. The second-order valence-corrected chi connectivity index (χ2v) is 7.67. The lowest BCUT2D eigenvalue weighted by Crippen LogP contribution is -2.52. The molecule has 0 aromatic heterocycles. The van der Waals surface area contributed by atoms with Crippen molar-refractivity contribution in [3.8, 4) is 5.75 Å². The Morgan fingerprint density at radius 3 is 2.48 bits per heavy atom. The number of nitrogens with zero attached hydrogens (tertiary/aromatic N) is 2. The first-order valence-corrected chi connectivity index (χ1v) is 9.44. The van der Waals surface area contributed by atoms with Crippen molar-refractivity contribution in [2.75, 3.05) is 18.0 Å².